The molecule has 4 rings (SSSR count). The predicted octanol–water partition coefficient (Wildman–Crippen LogP) is 6.40. The second kappa shape index (κ2) is 11.5. The lowest BCUT2D eigenvalue weighted by molar-refractivity contribution is 0.0214. The van der Waals surface area contributed by atoms with Crippen LogP contribution in [0.2, 0.25) is 0 Å². The monoisotopic (exact) mass is 523 g/mol. The molecule has 0 aromatic heterocycles. The van der Waals surface area contributed by atoms with Crippen LogP contribution in [-0.4, -0.2) is 39.3 Å². The van der Waals surface area contributed by atoms with Gasteiger partial charge in [0.1, 0.15) is 5.82 Å². The zero-order valence-electron chi connectivity index (χ0n) is 22.1. The Hall–Kier alpha value is -2.54. The summed E-state index contributed by atoms with van der Waals surface area (Å²) in [7, 11) is -3.23. The van der Waals surface area contributed by atoms with E-state index < -0.39 is 9.84 Å². The van der Waals surface area contributed by atoms with Gasteiger partial charge in [0.25, 0.3) is 0 Å². The standard InChI is InChI=1S/C31H38FNO3S/c1-4-30(2,27-12-16-29(17-13-27)37(3,34)35)33-21-20-31(23-33,19-18-25-10-14-28(32)15-11-25)24-36-22-26-8-6-5-7-9-26/h5-17H,4,18-24H2,1-3H3/t30?,31-/m1/s1. The molecule has 3 aromatic carbocycles. The van der Waals surface area contributed by atoms with Gasteiger partial charge in [0.15, 0.2) is 9.84 Å². The van der Waals surface area contributed by atoms with E-state index in [2.05, 4.69) is 30.9 Å². The molecule has 0 aliphatic carbocycles. The Morgan fingerprint density at radius 3 is 2.27 bits per heavy atom. The summed E-state index contributed by atoms with van der Waals surface area (Å²) in [5, 5.41) is 0. The van der Waals surface area contributed by atoms with E-state index in [1.54, 1.807) is 12.1 Å². The molecule has 37 heavy (non-hydrogen) atoms. The van der Waals surface area contributed by atoms with Crippen LogP contribution in [0.3, 0.4) is 0 Å². The first-order valence-electron chi connectivity index (χ1n) is 13.1. The average Bonchev–Trinajstić information content (AvgIpc) is 3.33. The minimum absolute atomic E-state index is 0.0215. The summed E-state index contributed by atoms with van der Waals surface area (Å²) in [6.45, 7) is 7.51. The Morgan fingerprint density at radius 2 is 1.65 bits per heavy atom. The van der Waals surface area contributed by atoms with Crippen LogP contribution in [-0.2, 0) is 33.1 Å². The van der Waals surface area contributed by atoms with Crippen LogP contribution in [0.15, 0.2) is 83.8 Å². The normalized spacial score (nSPS) is 20.1. The van der Waals surface area contributed by atoms with E-state index in [1.807, 2.05) is 42.5 Å². The van der Waals surface area contributed by atoms with Crippen LogP contribution in [0.5, 0.6) is 0 Å². The summed E-state index contributed by atoms with van der Waals surface area (Å²) in [5.74, 6) is -0.211. The number of hydrogen-bond donors (Lipinski definition) is 0. The van der Waals surface area contributed by atoms with Crippen LogP contribution in [0, 0.1) is 11.2 Å². The number of benzene rings is 3. The molecule has 0 spiro atoms. The molecule has 1 fully saturated rings. The van der Waals surface area contributed by atoms with Crippen LogP contribution >= 0.6 is 0 Å². The van der Waals surface area contributed by atoms with Crippen LogP contribution in [0.1, 0.15) is 49.8 Å². The maximum atomic E-state index is 13.4. The fourth-order valence-corrected chi connectivity index (χ4v) is 6.07. The summed E-state index contributed by atoms with van der Waals surface area (Å²) in [6.07, 6.45) is 4.99. The molecule has 198 valence electrons. The van der Waals surface area contributed by atoms with Crippen molar-refractivity contribution in [3.8, 4) is 0 Å². The quantitative estimate of drug-likeness (QED) is 0.292. The first kappa shape index (κ1) is 27.5. The number of ether oxygens (including phenoxy) is 1. The van der Waals surface area contributed by atoms with Crippen molar-refractivity contribution in [3.05, 3.63) is 101 Å². The van der Waals surface area contributed by atoms with Gasteiger partial charge in [-0.15, -0.1) is 0 Å². The highest BCUT2D eigenvalue weighted by molar-refractivity contribution is 7.90. The van der Waals surface area contributed by atoms with E-state index >= 15 is 0 Å². The fourth-order valence-electron chi connectivity index (χ4n) is 5.44. The van der Waals surface area contributed by atoms with Gasteiger partial charge >= 0.3 is 0 Å². The van der Waals surface area contributed by atoms with E-state index in [4.69, 9.17) is 4.74 Å². The Labute approximate surface area is 221 Å². The predicted molar refractivity (Wildman–Crippen MR) is 147 cm³/mol. The van der Waals surface area contributed by atoms with Crippen molar-refractivity contribution in [2.45, 2.75) is 56.6 Å². The third-order valence-corrected chi connectivity index (χ3v) is 9.23. The maximum absolute atomic E-state index is 13.4. The molecular formula is C31H38FNO3S. The molecule has 0 bridgehead atoms. The van der Waals surface area contributed by atoms with Crippen LogP contribution in [0.4, 0.5) is 4.39 Å². The summed E-state index contributed by atoms with van der Waals surface area (Å²) in [6, 6.07) is 24.4. The van der Waals surface area contributed by atoms with Gasteiger partial charge in [0.05, 0.1) is 18.1 Å². The summed E-state index contributed by atoms with van der Waals surface area (Å²) < 4.78 is 43.7. The molecule has 1 unspecified atom stereocenters. The lowest BCUT2D eigenvalue weighted by atomic mass is 9.81. The molecule has 4 nitrogen and oxygen atoms in total. The molecule has 2 atom stereocenters. The van der Waals surface area contributed by atoms with E-state index in [0.717, 1.165) is 55.5 Å². The number of nitrogens with zero attached hydrogens (tertiary/aromatic N) is 1. The average molecular weight is 524 g/mol. The number of sulfone groups is 1. The highest BCUT2D eigenvalue weighted by Crippen LogP contribution is 2.43. The number of halogens is 1. The van der Waals surface area contributed by atoms with Crippen LogP contribution in [0.25, 0.3) is 0 Å². The van der Waals surface area contributed by atoms with Crippen molar-refractivity contribution in [2.75, 3.05) is 26.0 Å². The first-order chi connectivity index (χ1) is 17.6. The number of likely N-dealkylation sites (tertiary alicyclic amines) is 1. The number of hydrogen-bond acceptors (Lipinski definition) is 4. The Kier molecular flexibility index (Phi) is 8.52. The highest BCUT2D eigenvalue weighted by Gasteiger charge is 2.44. The van der Waals surface area contributed by atoms with Gasteiger partial charge in [-0.05, 0) is 80.1 Å². The summed E-state index contributed by atoms with van der Waals surface area (Å²) in [4.78, 5) is 2.89. The van der Waals surface area contributed by atoms with Crippen molar-refractivity contribution in [2.24, 2.45) is 5.41 Å². The largest absolute Gasteiger partial charge is 0.376 e. The maximum Gasteiger partial charge on any atom is 0.175 e. The topological polar surface area (TPSA) is 46.6 Å². The van der Waals surface area contributed by atoms with Crippen molar-refractivity contribution >= 4 is 9.84 Å². The van der Waals surface area contributed by atoms with Crippen molar-refractivity contribution < 1.29 is 17.5 Å². The molecule has 1 saturated heterocycles. The lowest BCUT2D eigenvalue weighted by Gasteiger charge is -2.40. The third kappa shape index (κ3) is 6.67. The molecule has 3 aromatic rings. The zero-order valence-corrected chi connectivity index (χ0v) is 22.9. The summed E-state index contributed by atoms with van der Waals surface area (Å²) >= 11 is 0. The molecule has 6 heteroatoms. The van der Waals surface area contributed by atoms with Gasteiger partial charge in [-0.25, -0.2) is 12.8 Å². The lowest BCUT2D eigenvalue weighted by Crippen LogP contribution is -2.44. The molecule has 1 heterocycles. The second-order valence-corrected chi connectivity index (χ2v) is 12.7. The zero-order chi connectivity index (χ0) is 26.5. The minimum Gasteiger partial charge on any atom is -0.376 e. The van der Waals surface area contributed by atoms with Gasteiger partial charge in [-0.1, -0.05) is 61.5 Å². The molecule has 0 radical (unpaired) electrons. The number of aryl methyl sites for hydroxylation is 1. The van der Waals surface area contributed by atoms with Gasteiger partial charge < -0.3 is 4.74 Å². The molecule has 1 aliphatic heterocycles. The highest BCUT2D eigenvalue weighted by atomic mass is 32.2. The third-order valence-electron chi connectivity index (χ3n) is 8.11. The van der Waals surface area contributed by atoms with Gasteiger partial charge in [-0.3, -0.25) is 4.90 Å². The van der Waals surface area contributed by atoms with Gasteiger partial charge in [0, 0.05) is 23.8 Å². The van der Waals surface area contributed by atoms with Gasteiger partial charge in [0.2, 0.25) is 0 Å². The van der Waals surface area contributed by atoms with Crippen molar-refractivity contribution in [1.29, 1.82) is 0 Å². The van der Waals surface area contributed by atoms with E-state index in [0.29, 0.717) is 18.1 Å². The van der Waals surface area contributed by atoms with E-state index in [-0.39, 0.29) is 16.8 Å². The smallest absolute Gasteiger partial charge is 0.175 e. The Balaban J connectivity index is 1.53. The second-order valence-electron chi connectivity index (χ2n) is 10.7. The van der Waals surface area contributed by atoms with E-state index in [1.165, 1.54) is 18.4 Å². The van der Waals surface area contributed by atoms with Crippen molar-refractivity contribution in [1.82, 2.24) is 4.90 Å². The molecule has 0 N–H and O–H groups in total. The molecular weight excluding hydrogens is 485 g/mol. The van der Waals surface area contributed by atoms with E-state index in [9.17, 15) is 12.8 Å². The fraction of sp³-hybridized carbons (Fsp3) is 0.419. The molecule has 1 aliphatic rings. The molecule has 0 saturated carbocycles. The number of rotatable bonds is 11. The van der Waals surface area contributed by atoms with Gasteiger partial charge in [-0.2, -0.15) is 0 Å². The SMILES string of the molecule is CCC(C)(c1ccc(S(C)(=O)=O)cc1)N1CC[C@@](CCc2ccc(F)cc2)(COCc2ccccc2)C1. The van der Waals surface area contributed by atoms with Crippen molar-refractivity contribution in [3.63, 3.8) is 0 Å². The summed E-state index contributed by atoms with van der Waals surface area (Å²) in [5.41, 5.74) is 3.19. The Bertz CT molecular complexity index is 1260. The first-order valence-corrected chi connectivity index (χ1v) is 14.9. The Morgan fingerprint density at radius 1 is 0.973 bits per heavy atom. The minimum atomic E-state index is -3.23. The molecule has 0 amide bonds. The van der Waals surface area contributed by atoms with Crippen LogP contribution < -0.4 is 0 Å².